The number of furan rings is 2. The molecule has 0 aliphatic carbocycles. The second kappa shape index (κ2) is 4.20. The monoisotopic (exact) mass is 218 g/mol. The van der Waals surface area contributed by atoms with Crippen molar-refractivity contribution in [3.8, 4) is 11.5 Å². The maximum Gasteiger partial charge on any atom is 0.169 e. The summed E-state index contributed by atoms with van der Waals surface area (Å²) in [6, 6.07) is 6.03. The van der Waals surface area contributed by atoms with E-state index in [4.69, 9.17) is 8.83 Å². The van der Waals surface area contributed by atoms with E-state index in [0.29, 0.717) is 11.8 Å². The average molecular weight is 218 g/mol. The van der Waals surface area contributed by atoms with E-state index in [1.54, 1.807) is 6.26 Å². The summed E-state index contributed by atoms with van der Waals surface area (Å²) >= 11 is 0. The summed E-state index contributed by atoms with van der Waals surface area (Å²) in [6.45, 7) is 8.53. The molecular formula is C14H18O2. The molecule has 2 heteroatoms. The van der Waals surface area contributed by atoms with Gasteiger partial charge in [0, 0.05) is 5.92 Å². The molecule has 0 aliphatic heterocycles. The minimum Gasteiger partial charge on any atom is -0.461 e. The highest BCUT2D eigenvalue weighted by Gasteiger charge is 2.12. The Kier molecular flexibility index (Phi) is 2.90. The minimum absolute atomic E-state index is 0.410. The predicted octanol–water partition coefficient (Wildman–Crippen LogP) is 4.79. The van der Waals surface area contributed by atoms with Crippen LogP contribution in [0.25, 0.3) is 11.5 Å². The first-order valence-corrected chi connectivity index (χ1v) is 5.76. The van der Waals surface area contributed by atoms with Gasteiger partial charge in [-0.1, -0.05) is 27.7 Å². The van der Waals surface area contributed by atoms with Crippen LogP contribution in [0.5, 0.6) is 0 Å². The molecule has 0 radical (unpaired) electrons. The first-order valence-electron chi connectivity index (χ1n) is 5.76. The molecule has 2 nitrogen and oxygen atoms in total. The first kappa shape index (κ1) is 11.1. The van der Waals surface area contributed by atoms with Gasteiger partial charge < -0.3 is 8.83 Å². The summed E-state index contributed by atoms with van der Waals surface area (Å²) in [4.78, 5) is 0. The molecule has 16 heavy (non-hydrogen) atoms. The van der Waals surface area contributed by atoms with Crippen molar-refractivity contribution in [2.45, 2.75) is 39.5 Å². The van der Waals surface area contributed by atoms with Crippen LogP contribution in [-0.4, -0.2) is 0 Å². The standard InChI is InChI=1S/C14H18O2/c1-9(2)11-7-14(15-8-11)13-6-5-12(16-13)10(3)4/h5-10H,1-4H3. The molecule has 0 bridgehead atoms. The predicted molar refractivity (Wildman–Crippen MR) is 64.6 cm³/mol. The molecule has 0 aliphatic rings. The van der Waals surface area contributed by atoms with E-state index >= 15 is 0 Å². The van der Waals surface area contributed by atoms with E-state index in [0.717, 1.165) is 17.3 Å². The lowest BCUT2D eigenvalue weighted by atomic mass is 10.1. The third-order valence-corrected chi connectivity index (χ3v) is 2.73. The number of rotatable bonds is 3. The molecule has 0 saturated heterocycles. The van der Waals surface area contributed by atoms with Gasteiger partial charge in [-0.05, 0) is 29.7 Å². The Balaban J connectivity index is 2.28. The van der Waals surface area contributed by atoms with Crippen LogP contribution in [0.2, 0.25) is 0 Å². The van der Waals surface area contributed by atoms with E-state index < -0.39 is 0 Å². The number of hydrogen-bond donors (Lipinski definition) is 0. The lowest BCUT2D eigenvalue weighted by molar-refractivity contribution is 0.475. The van der Waals surface area contributed by atoms with E-state index in [9.17, 15) is 0 Å². The third kappa shape index (κ3) is 2.06. The molecule has 0 unspecified atom stereocenters. The Morgan fingerprint density at radius 3 is 2.19 bits per heavy atom. The maximum absolute atomic E-state index is 5.73. The molecule has 0 N–H and O–H groups in total. The van der Waals surface area contributed by atoms with Gasteiger partial charge in [0.15, 0.2) is 11.5 Å². The smallest absolute Gasteiger partial charge is 0.169 e. The highest BCUT2D eigenvalue weighted by Crippen LogP contribution is 2.29. The Morgan fingerprint density at radius 1 is 0.938 bits per heavy atom. The Morgan fingerprint density at radius 2 is 1.69 bits per heavy atom. The van der Waals surface area contributed by atoms with Crippen LogP contribution < -0.4 is 0 Å². The summed E-state index contributed by atoms with van der Waals surface area (Å²) in [5, 5.41) is 0. The van der Waals surface area contributed by atoms with Crippen LogP contribution in [0.3, 0.4) is 0 Å². The molecule has 2 aromatic heterocycles. The van der Waals surface area contributed by atoms with Crippen LogP contribution in [0.15, 0.2) is 33.3 Å². The van der Waals surface area contributed by atoms with Gasteiger partial charge in [-0.2, -0.15) is 0 Å². The summed E-state index contributed by atoms with van der Waals surface area (Å²) in [5.74, 6) is 3.52. The van der Waals surface area contributed by atoms with Crippen molar-refractivity contribution in [2.75, 3.05) is 0 Å². The first-order chi connectivity index (χ1) is 7.58. The molecule has 0 amide bonds. The fourth-order valence-corrected chi connectivity index (χ4v) is 1.58. The van der Waals surface area contributed by atoms with Crippen LogP contribution in [0.4, 0.5) is 0 Å². The average Bonchev–Trinajstić information content (AvgIpc) is 2.86. The zero-order chi connectivity index (χ0) is 11.7. The minimum atomic E-state index is 0.410. The highest BCUT2D eigenvalue weighted by molar-refractivity contribution is 5.51. The summed E-state index contributed by atoms with van der Waals surface area (Å²) in [5.41, 5.74) is 1.21. The van der Waals surface area contributed by atoms with Crippen molar-refractivity contribution in [1.82, 2.24) is 0 Å². The Hall–Kier alpha value is -1.44. The summed E-state index contributed by atoms with van der Waals surface area (Å²) in [7, 11) is 0. The third-order valence-electron chi connectivity index (χ3n) is 2.73. The topological polar surface area (TPSA) is 26.3 Å². The zero-order valence-corrected chi connectivity index (χ0v) is 10.3. The molecule has 0 spiro atoms. The van der Waals surface area contributed by atoms with Gasteiger partial charge in [0.1, 0.15) is 5.76 Å². The van der Waals surface area contributed by atoms with Gasteiger partial charge in [0.25, 0.3) is 0 Å². The second-order valence-electron chi connectivity index (χ2n) is 4.76. The van der Waals surface area contributed by atoms with Crippen molar-refractivity contribution >= 4 is 0 Å². The van der Waals surface area contributed by atoms with Crippen LogP contribution in [-0.2, 0) is 0 Å². The lowest BCUT2D eigenvalue weighted by Gasteiger charge is -1.97. The quantitative estimate of drug-likeness (QED) is 0.740. The molecule has 0 fully saturated rings. The van der Waals surface area contributed by atoms with E-state index in [1.807, 2.05) is 18.2 Å². The lowest BCUT2D eigenvalue weighted by Crippen LogP contribution is -1.81. The molecular weight excluding hydrogens is 200 g/mol. The Labute approximate surface area is 96.3 Å². The summed E-state index contributed by atoms with van der Waals surface area (Å²) in [6.07, 6.45) is 1.80. The van der Waals surface area contributed by atoms with E-state index in [2.05, 4.69) is 27.7 Å². The molecule has 2 aromatic rings. The molecule has 0 saturated carbocycles. The molecule has 0 aromatic carbocycles. The van der Waals surface area contributed by atoms with Crippen LogP contribution in [0.1, 0.15) is 50.9 Å². The van der Waals surface area contributed by atoms with Crippen LogP contribution >= 0.6 is 0 Å². The highest BCUT2D eigenvalue weighted by atomic mass is 16.4. The zero-order valence-electron chi connectivity index (χ0n) is 10.3. The van der Waals surface area contributed by atoms with Gasteiger partial charge in [0.05, 0.1) is 6.26 Å². The molecule has 2 heterocycles. The maximum atomic E-state index is 5.73. The van der Waals surface area contributed by atoms with Gasteiger partial charge in [0.2, 0.25) is 0 Å². The van der Waals surface area contributed by atoms with Crippen molar-refractivity contribution in [1.29, 1.82) is 0 Å². The van der Waals surface area contributed by atoms with Crippen molar-refractivity contribution in [3.05, 3.63) is 35.8 Å². The normalized spacial score (nSPS) is 11.6. The summed E-state index contributed by atoms with van der Waals surface area (Å²) < 4.78 is 11.2. The van der Waals surface area contributed by atoms with Gasteiger partial charge in [-0.15, -0.1) is 0 Å². The molecule has 0 atom stereocenters. The largest absolute Gasteiger partial charge is 0.461 e. The fraction of sp³-hybridized carbons (Fsp3) is 0.429. The van der Waals surface area contributed by atoms with Gasteiger partial charge in [-0.25, -0.2) is 0 Å². The molecule has 86 valence electrons. The van der Waals surface area contributed by atoms with Crippen molar-refractivity contribution in [3.63, 3.8) is 0 Å². The molecule has 2 rings (SSSR count). The van der Waals surface area contributed by atoms with Gasteiger partial charge >= 0.3 is 0 Å². The van der Waals surface area contributed by atoms with Crippen molar-refractivity contribution < 1.29 is 8.83 Å². The Bertz CT molecular complexity index is 416. The SMILES string of the molecule is CC(C)c1coc(-c2ccc(C(C)C)o2)c1. The fourth-order valence-electron chi connectivity index (χ4n) is 1.58. The van der Waals surface area contributed by atoms with E-state index in [-0.39, 0.29) is 0 Å². The van der Waals surface area contributed by atoms with Gasteiger partial charge in [-0.3, -0.25) is 0 Å². The van der Waals surface area contributed by atoms with E-state index in [1.165, 1.54) is 5.56 Å². The van der Waals surface area contributed by atoms with Crippen LogP contribution in [0, 0.1) is 0 Å². The second-order valence-corrected chi connectivity index (χ2v) is 4.76. The number of hydrogen-bond acceptors (Lipinski definition) is 2. The van der Waals surface area contributed by atoms with Crippen molar-refractivity contribution in [2.24, 2.45) is 0 Å².